The molecular weight excluding hydrogens is 308 g/mol. The summed E-state index contributed by atoms with van der Waals surface area (Å²) in [6, 6.07) is 11.2. The summed E-state index contributed by atoms with van der Waals surface area (Å²) in [6.07, 6.45) is 0. The number of rotatable bonds is 7. The predicted octanol–water partition coefficient (Wildman–Crippen LogP) is 3.07. The van der Waals surface area contributed by atoms with Crippen LogP contribution in [-0.2, 0) is 4.79 Å². The fourth-order valence-corrected chi connectivity index (χ4v) is 2.21. The average molecular weight is 330 g/mol. The van der Waals surface area contributed by atoms with E-state index in [-0.39, 0.29) is 12.5 Å². The van der Waals surface area contributed by atoms with Crippen molar-refractivity contribution in [1.82, 2.24) is 0 Å². The maximum Gasteiger partial charge on any atom is 0.243 e. The monoisotopic (exact) mass is 330 g/mol. The molecule has 0 spiro atoms. The molecule has 1 amide bonds. The number of carbonyl (C=O) groups excluding carboxylic acids is 1. The number of aryl methyl sites for hydroxylation is 1. The van der Waals surface area contributed by atoms with E-state index < -0.39 is 0 Å². The quantitative estimate of drug-likeness (QED) is 0.816. The first kappa shape index (κ1) is 17.5. The summed E-state index contributed by atoms with van der Waals surface area (Å²) in [4.78, 5) is 12.1. The van der Waals surface area contributed by atoms with Crippen molar-refractivity contribution >= 4 is 17.3 Å². The lowest BCUT2D eigenvalue weighted by Gasteiger charge is -2.15. The van der Waals surface area contributed by atoms with Gasteiger partial charge in [-0.15, -0.1) is 0 Å². The van der Waals surface area contributed by atoms with Gasteiger partial charge in [-0.25, -0.2) is 0 Å². The first-order chi connectivity index (χ1) is 11.6. The van der Waals surface area contributed by atoms with Gasteiger partial charge in [-0.1, -0.05) is 17.7 Å². The highest BCUT2D eigenvalue weighted by Crippen LogP contribution is 2.39. The van der Waals surface area contributed by atoms with Gasteiger partial charge in [-0.3, -0.25) is 4.79 Å². The second kappa shape index (κ2) is 8.10. The molecule has 2 rings (SSSR count). The van der Waals surface area contributed by atoms with E-state index in [2.05, 4.69) is 10.6 Å². The van der Waals surface area contributed by atoms with Gasteiger partial charge in [0.25, 0.3) is 0 Å². The number of amides is 1. The number of benzene rings is 2. The Hall–Kier alpha value is -2.89. The van der Waals surface area contributed by atoms with E-state index in [4.69, 9.17) is 14.2 Å². The van der Waals surface area contributed by atoms with E-state index in [1.54, 1.807) is 12.1 Å². The van der Waals surface area contributed by atoms with Crippen molar-refractivity contribution < 1.29 is 19.0 Å². The van der Waals surface area contributed by atoms with Gasteiger partial charge in [0.1, 0.15) is 0 Å². The van der Waals surface area contributed by atoms with Crippen LogP contribution in [0.25, 0.3) is 0 Å². The summed E-state index contributed by atoms with van der Waals surface area (Å²) >= 11 is 0. The third kappa shape index (κ3) is 4.32. The molecule has 6 heteroatoms. The molecular formula is C18H22N2O4. The van der Waals surface area contributed by atoms with Crippen molar-refractivity contribution in [3.05, 3.63) is 42.0 Å². The van der Waals surface area contributed by atoms with Crippen molar-refractivity contribution in [2.45, 2.75) is 6.92 Å². The Kier molecular flexibility index (Phi) is 5.89. The number of hydrogen-bond acceptors (Lipinski definition) is 5. The van der Waals surface area contributed by atoms with Crippen molar-refractivity contribution in [1.29, 1.82) is 0 Å². The van der Waals surface area contributed by atoms with Crippen molar-refractivity contribution in [2.75, 3.05) is 38.5 Å². The van der Waals surface area contributed by atoms with Gasteiger partial charge < -0.3 is 24.8 Å². The Morgan fingerprint density at radius 2 is 1.50 bits per heavy atom. The molecule has 2 N–H and O–H groups in total. The molecule has 6 nitrogen and oxygen atoms in total. The van der Waals surface area contributed by atoms with Gasteiger partial charge in [-0.2, -0.15) is 0 Å². The molecule has 0 aliphatic heterocycles. The standard InChI is InChI=1S/C18H22N2O4/c1-12-5-7-13(8-6-12)19-11-17(21)20-14-9-15(22-2)18(24-4)16(10-14)23-3/h5-10,19H,11H2,1-4H3,(H,20,21). The molecule has 0 aliphatic rings. The lowest BCUT2D eigenvalue weighted by molar-refractivity contribution is -0.114. The fraction of sp³-hybridized carbons (Fsp3) is 0.278. The van der Waals surface area contributed by atoms with Crippen LogP contribution in [0.2, 0.25) is 0 Å². The summed E-state index contributed by atoms with van der Waals surface area (Å²) < 4.78 is 15.8. The van der Waals surface area contributed by atoms with Crippen LogP contribution in [0.4, 0.5) is 11.4 Å². The van der Waals surface area contributed by atoms with Crippen molar-refractivity contribution in [3.8, 4) is 17.2 Å². The maximum atomic E-state index is 12.1. The third-order valence-corrected chi connectivity index (χ3v) is 3.45. The van der Waals surface area contributed by atoms with Crippen LogP contribution in [0.5, 0.6) is 17.2 Å². The smallest absolute Gasteiger partial charge is 0.243 e. The number of anilines is 2. The van der Waals surface area contributed by atoms with E-state index in [1.165, 1.54) is 26.9 Å². The van der Waals surface area contributed by atoms with Crippen LogP contribution in [0.1, 0.15) is 5.56 Å². The Balaban J connectivity index is 2.04. The molecule has 0 saturated carbocycles. The molecule has 128 valence electrons. The molecule has 2 aromatic carbocycles. The van der Waals surface area contributed by atoms with Crippen LogP contribution >= 0.6 is 0 Å². The van der Waals surface area contributed by atoms with Crippen LogP contribution in [0.15, 0.2) is 36.4 Å². The molecule has 0 aromatic heterocycles. The van der Waals surface area contributed by atoms with Crippen LogP contribution in [0.3, 0.4) is 0 Å². The Bertz CT molecular complexity index is 674. The van der Waals surface area contributed by atoms with E-state index in [0.717, 1.165) is 5.69 Å². The molecule has 0 fully saturated rings. The number of hydrogen-bond donors (Lipinski definition) is 2. The summed E-state index contributed by atoms with van der Waals surface area (Å²) in [5.74, 6) is 1.28. The van der Waals surface area contributed by atoms with Gasteiger partial charge in [-0.05, 0) is 19.1 Å². The largest absolute Gasteiger partial charge is 0.493 e. The summed E-state index contributed by atoms with van der Waals surface area (Å²) in [7, 11) is 4.59. The molecule has 0 saturated heterocycles. The van der Waals surface area contributed by atoms with Crippen LogP contribution in [0, 0.1) is 6.92 Å². The second-order valence-corrected chi connectivity index (χ2v) is 5.18. The minimum Gasteiger partial charge on any atom is -0.493 e. The zero-order valence-corrected chi connectivity index (χ0v) is 14.3. The molecule has 0 bridgehead atoms. The average Bonchev–Trinajstić information content (AvgIpc) is 2.60. The van der Waals surface area contributed by atoms with Crippen molar-refractivity contribution in [3.63, 3.8) is 0 Å². The highest BCUT2D eigenvalue weighted by Gasteiger charge is 2.14. The SMILES string of the molecule is COc1cc(NC(=O)CNc2ccc(C)cc2)cc(OC)c1OC. The zero-order chi connectivity index (χ0) is 17.5. The normalized spacial score (nSPS) is 10.0. The lowest BCUT2D eigenvalue weighted by Crippen LogP contribution is -2.21. The summed E-state index contributed by atoms with van der Waals surface area (Å²) in [5.41, 5.74) is 2.63. The van der Waals surface area contributed by atoms with Crippen LogP contribution in [-0.4, -0.2) is 33.8 Å². The first-order valence-electron chi connectivity index (χ1n) is 7.47. The van der Waals surface area contributed by atoms with Crippen molar-refractivity contribution in [2.24, 2.45) is 0 Å². The Morgan fingerprint density at radius 3 is 2.00 bits per heavy atom. The summed E-state index contributed by atoms with van der Waals surface area (Å²) in [5, 5.41) is 5.88. The van der Waals surface area contributed by atoms with E-state index in [0.29, 0.717) is 22.9 Å². The van der Waals surface area contributed by atoms with Gasteiger partial charge >= 0.3 is 0 Å². The topological polar surface area (TPSA) is 68.8 Å². The Labute approximate surface area is 141 Å². The summed E-state index contributed by atoms with van der Waals surface area (Å²) in [6.45, 7) is 2.17. The lowest BCUT2D eigenvalue weighted by atomic mass is 10.2. The second-order valence-electron chi connectivity index (χ2n) is 5.18. The predicted molar refractivity (Wildman–Crippen MR) is 94.4 cm³/mol. The molecule has 0 aliphatic carbocycles. The van der Waals surface area contributed by atoms with E-state index in [1.807, 2.05) is 31.2 Å². The van der Waals surface area contributed by atoms with E-state index >= 15 is 0 Å². The minimum atomic E-state index is -0.176. The minimum absolute atomic E-state index is 0.153. The third-order valence-electron chi connectivity index (χ3n) is 3.45. The molecule has 24 heavy (non-hydrogen) atoms. The molecule has 0 atom stereocenters. The van der Waals surface area contributed by atoms with Crippen LogP contribution < -0.4 is 24.8 Å². The van der Waals surface area contributed by atoms with Gasteiger partial charge in [0.15, 0.2) is 11.5 Å². The number of carbonyl (C=O) groups is 1. The number of methoxy groups -OCH3 is 3. The van der Waals surface area contributed by atoms with Gasteiger partial charge in [0.2, 0.25) is 11.7 Å². The first-order valence-corrected chi connectivity index (χ1v) is 7.47. The molecule has 2 aromatic rings. The van der Waals surface area contributed by atoms with E-state index in [9.17, 15) is 4.79 Å². The molecule has 0 heterocycles. The van der Waals surface area contributed by atoms with Gasteiger partial charge in [0, 0.05) is 23.5 Å². The zero-order valence-electron chi connectivity index (χ0n) is 14.3. The molecule has 0 radical (unpaired) electrons. The highest BCUT2D eigenvalue weighted by atomic mass is 16.5. The number of nitrogens with one attached hydrogen (secondary N) is 2. The highest BCUT2D eigenvalue weighted by molar-refractivity contribution is 5.94. The Morgan fingerprint density at radius 1 is 0.917 bits per heavy atom. The fourth-order valence-electron chi connectivity index (χ4n) is 2.21. The number of ether oxygens (including phenoxy) is 3. The van der Waals surface area contributed by atoms with Gasteiger partial charge in [0.05, 0.1) is 27.9 Å². The molecule has 0 unspecified atom stereocenters. The maximum absolute atomic E-state index is 12.1.